The van der Waals surface area contributed by atoms with Gasteiger partial charge in [-0.2, -0.15) is 0 Å². The summed E-state index contributed by atoms with van der Waals surface area (Å²) in [6.45, 7) is 3.29. The Hall–Kier alpha value is -1.90. The number of rotatable bonds is 5. The van der Waals surface area contributed by atoms with Gasteiger partial charge in [0.25, 0.3) is 0 Å². The number of ketones is 1. The van der Waals surface area contributed by atoms with Crippen molar-refractivity contribution >= 4 is 31.2 Å². The summed E-state index contributed by atoms with van der Waals surface area (Å²) in [5.41, 5.74) is 1.66. The Morgan fingerprint density at radius 2 is 1.62 bits per heavy atom. The van der Waals surface area contributed by atoms with E-state index in [-0.39, 0.29) is 20.7 Å². The van der Waals surface area contributed by atoms with Crippen LogP contribution in [0.4, 0.5) is 0 Å². The van der Waals surface area contributed by atoms with E-state index in [4.69, 9.17) is 4.74 Å². The normalized spacial score (nSPS) is 11.7. The molecular formula is C17H16O3Se. The van der Waals surface area contributed by atoms with Crippen LogP contribution < -0.4 is 4.46 Å². The van der Waals surface area contributed by atoms with Gasteiger partial charge in [0, 0.05) is 0 Å². The van der Waals surface area contributed by atoms with Gasteiger partial charge in [-0.05, 0) is 0 Å². The molecule has 0 aliphatic heterocycles. The molecular weight excluding hydrogens is 331 g/mol. The summed E-state index contributed by atoms with van der Waals surface area (Å²) in [5, 5.41) is -0.722. The molecule has 0 N–H and O–H groups in total. The second-order valence-corrected chi connectivity index (χ2v) is 6.98. The van der Waals surface area contributed by atoms with Crippen LogP contribution in [0.5, 0.6) is 0 Å². The summed E-state index contributed by atoms with van der Waals surface area (Å²) in [6.07, 6.45) is 0. The van der Waals surface area contributed by atoms with Crippen LogP contribution in [0, 0.1) is 6.92 Å². The zero-order valence-electron chi connectivity index (χ0n) is 11.9. The molecule has 2 rings (SSSR count). The van der Waals surface area contributed by atoms with E-state index >= 15 is 0 Å². The Bertz CT molecular complexity index is 620. The van der Waals surface area contributed by atoms with Crippen LogP contribution in [0.15, 0.2) is 54.6 Å². The predicted octanol–water partition coefficient (Wildman–Crippen LogP) is 2.10. The van der Waals surface area contributed by atoms with E-state index < -0.39 is 11.0 Å². The van der Waals surface area contributed by atoms with E-state index in [9.17, 15) is 9.59 Å². The average molecular weight is 347 g/mol. The summed E-state index contributed by atoms with van der Waals surface area (Å²) in [5.74, 6) is -0.577. The van der Waals surface area contributed by atoms with Gasteiger partial charge in [0.15, 0.2) is 0 Å². The standard InChI is InChI=1S/C17H16O3Se/c1-12-8-10-14(11-9-12)16(19)17(20-13(2)18)21-15-6-4-3-5-7-15/h3-11,17H,1-2H3. The molecule has 21 heavy (non-hydrogen) atoms. The van der Waals surface area contributed by atoms with Gasteiger partial charge in [0.1, 0.15) is 0 Å². The van der Waals surface area contributed by atoms with Gasteiger partial charge in [0.05, 0.1) is 0 Å². The molecule has 0 fully saturated rings. The molecule has 4 heteroatoms. The molecule has 1 unspecified atom stereocenters. The fourth-order valence-corrected chi connectivity index (χ4v) is 3.83. The summed E-state index contributed by atoms with van der Waals surface area (Å²) < 4.78 is 6.26. The zero-order chi connectivity index (χ0) is 15.2. The van der Waals surface area contributed by atoms with Crippen molar-refractivity contribution in [2.45, 2.75) is 18.8 Å². The fourth-order valence-electron chi connectivity index (χ4n) is 1.76. The summed E-state index contributed by atoms with van der Waals surface area (Å²) in [4.78, 5) is 23.8. The number of aryl methyl sites for hydroxylation is 1. The van der Waals surface area contributed by atoms with E-state index in [1.807, 2.05) is 49.4 Å². The number of carbonyl (C=O) groups excluding carboxylic acids is 2. The van der Waals surface area contributed by atoms with Crippen molar-refractivity contribution in [3.63, 3.8) is 0 Å². The third-order valence-corrected chi connectivity index (χ3v) is 5.05. The first-order valence-corrected chi connectivity index (χ1v) is 8.40. The van der Waals surface area contributed by atoms with Crippen molar-refractivity contribution in [3.8, 4) is 0 Å². The molecule has 0 bridgehead atoms. The van der Waals surface area contributed by atoms with E-state index in [0.717, 1.165) is 10.0 Å². The fraction of sp³-hybridized carbons (Fsp3) is 0.176. The molecule has 0 saturated heterocycles. The van der Waals surface area contributed by atoms with Crippen molar-refractivity contribution < 1.29 is 14.3 Å². The first kappa shape index (κ1) is 15.5. The minimum atomic E-state index is -0.722. The quantitative estimate of drug-likeness (QED) is 0.473. The van der Waals surface area contributed by atoms with E-state index in [1.165, 1.54) is 6.92 Å². The van der Waals surface area contributed by atoms with Gasteiger partial charge >= 0.3 is 130 Å². The number of Topliss-reactive ketones (excluding diaryl/α,β-unsaturated/α-hetero) is 1. The van der Waals surface area contributed by atoms with Crippen LogP contribution in [0.1, 0.15) is 22.8 Å². The zero-order valence-corrected chi connectivity index (χ0v) is 13.6. The summed E-state index contributed by atoms with van der Waals surface area (Å²) >= 11 is -0.255. The first-order chi connectivity index (χ1) is 10.1. The third-order valence-electron chi connectivity index (χ3n) is 2.81. The van der Waals surface area contributed by atoms with Gasteiger partial charge in [-0.15, -0.1) is 0 Å². The van der Waals surface area contributed by atoms with Gasteiger partial charge < -0.3 is 0 Å². The van der Waals surface area contributed by atoms with Crippen molar-refractivity contribution in [3.05, 3.63) is 65.7 Å². The van der Waals surface area contributed by atoms with Crippen LogP contribution in [-0.2, 0) is 9.53 Å². The van der Waals surface area contributed by atoms with Crippen LogP contribution in [0.3, 0.4) is 0 Å². The Morgan fingerprint density at radius 1 is 1.00 bits per heavy atom. The first-order valence-electron chi connectivity index (χ1n) is 6.56. The topological polar surface area (TPSA) is 43.4 Å². The van der Waals surface area contributed by atoms with Gasteiger partial charge in [-0.3, -0.25) is 0 Å². The van der Waals surface area contributed by atoms with E-state index in [2.05, 4.69) is 0 Å². The Balaban J connectivity index is 2.20. The monoisotopic (exact) mass is 348 g/mol. The van der Waals surface area contributed by atoms with Crippen LogP contribution >= 0.6 is 0 Å². The molecule has 2 aromatic rings. The van der Waals surface area contributed by atoms with Gasteiger partial charge in [-0.1, -0.05) is 0 Å². The second kappa shape index (κ2) is 7.21. The Kier molecular flexibility index (Phi) is 5.31. The number of carbonyl (C=O) groups is 2. The van der Waals surface area contributed by atoms with Crippen molar-refractivity contribution in [2.75, 3.05) is 0 Å². The van der Waals surface area contributed by atoms with Crippen LogP contribution in [0.25, 0.3) is 0 Å². The van der Waals surface area contributed by atoms with Crippen molar-refractivity contribution in [1.82, 2.24) is 0 Å². The molecule has 0 aliphatic rings. The van der Waals surface area contributed by atoms with E-state index in [0.29, 0.717) is 5.56 Å². The molecule has 2 aromatic carbocycles. The van der Waals surface area contributed by atoms with Crippen LogP contribution in [0.2, 0.25) is 0 Å². The Labute approximate surface area is 130 Å². The van der Waals surface area contributed by atoms with E-state index in [1.54, 1.807) is 12.1 Å². The number of benzene rings is 2. The predicted molar refractivity (Wildman–Crippen MR) is 82.9 cm³/mol. The molecule has 0 saturated carbocycles. The average Bonchev–Trinajstić information content (AvgIpc) is 2.47. The maximum absolute atomic E-state index is 12.5. The molecule has 3 nitrogen and oxygen atoms in total. The third kappa shape index (κ3) is 4.55. The maximum atomic E-state index is 12.5. The molecule has 0 heterocycles. The van der Waals surface area contributed by atoms with Crippen molar-refractivity contribution in [2.24, 2.45) is 0 Å². The second-order valence-electron chi connectivity index (χ2n) is 4.60. The minimum absolute atomic E-state index is 0.144. The van der Waals surface area contributed by atoms with Gasteiger partial charge in [-0.25, -0.2) is 0 Å². The number of hydrogen-bond donors (Lipinski definition) is 0. The van der Waals surface area contributed by atoms with Crippen LogP contribution in [-0.4, -0.2) is 31.7 Å². The number of ether oxygens (including phenoxy) is 1. The Morgan fingerprint density at radius 3 is 2.19 bits per heavy atom. The summed E-state index contributed by atoms with van der Waals surface area (Å²) in [6, 6.07) is 16.9. The van der Waals surface area contributed by atoms with Gasteiger partial charge in [0.2, 0.25) is 0 Å². The number of esters is 1. The molecule has 0 aliphatic carbocycles. The molecule has 108 valence electrons. The SMILES string of the molecule is CC(=O)OC([Se]c1ccccc1)C(=O)c1ccc(C)cc1. The molecule has 1 atom stereocenters. The molecule has 0 aromatic heterocycles. The van der Waals surface area contributed by atoms with Crippen molar-refractivity contribution in [1.29, 1.82) is 0 Å². The molecule has 0 amide bonds. The molecule has 0 radical (unpaired) electrons. The molecule has 0 spiro atoms. The number of hydrogen-bond acceptors (Lipinski definition) is 3. The summed E-state index contributed by atoms with van der Waals surface area (Å²) in [7, 11) is 0.